The van der Waals surface area contributed by atoms with Gasteiger partial charge in [-0.05, 0) is 19.3 Å². The molecule has 33 heavy (non-hydrogen) atoms. The van der Waals surface area contributed by atoms with E-state index in [0.717, 1.165) is 45.2 Å². The number of ether oxygens (including phenoxy) is 4. The highest BCUT2D eigenvalue weighted by atomic mass is 16.6. The third-order valence-electron chi connectivity index (χ3n) is 8.57. The fourth-order valence-corrected chi connectivity index (χ4v) is 6.58. The zero-order valence-corrected chi connectivity index (χ0v) is 20.1. The SMILES string of the molecule is COC1CC2[NH2+]C(N3CCN(C(=O)[C@@H]4COC5CCCCC5O4)CC3)NC(N)C2CC1OC. The molecule has 10 heteroatoms. The number of rotatable bonds is 4. The van der Waals surface area contributed by atoms with Crippen LogP contribution in [0, 0.1) is 5.92 Å². The Morgan fingerprint density at radius 2 is 1.73 bits per heavy atom. The summed E-state index contributed by atoms with van der Waals surface area (Å²) >= 11 is 0. The van der Waals surface area contributed by atoms with Gasteiger partial charge in [0.15, 0.2) is 6.10 Å². The number of fused-ring (bicyclic) bond motifs is 2. The van der Waals surface area contributed by atoms with Crippen molar-refractivity contribution in [1.29, 1.82) is 0 Å². The van der Waals surface area contributed by atoms with Gasteiger partial charge in [0.2, 0.25) is 6.29 Å². The minimum Gasteiger partial charge on any atom is -0.379 e. The highest BCUT2D eigenvalue weighted by Gasteiger charge is 2.48. The van der Waals surface area contributed by atoms with E-state index >= 15 is 0 Å². The van der Waals surface area contributed by atoms with Gasteiger partial charge in [-0.2, -0.15) is 0 Å². The fourth-order valence-electron chi connectivity index (χ4n) is 6.58. The molecule has 188 valence electrons. The second kappa shape index (κ2) is 10.4. The molecule has 3 saturated heterocycles. The van der Waals surface area contributed by atoms with Crippen molar-refractivity contribution >= 4 is 5.91 Å². The topological polar surface area (TPSA) is 115 Å². The number of carbonyl (C=O) groups is 1. The molecule has 5 fully saturated rings. The van der Waals surface area contributed by atoms with Gasteiger partial charge < -0.3 is 34.9 Å². The first-order valence-corrected chi connectivity index (χ1v) is 12.8. The maximum Gasteiger partial charge on any atom is 0.254 e. The van der Waals surface area contributed by atoms with Gasteiger partial charge in [0, 0.05) is 52.7 Å². The molecule has 0 spiro atoms. The second-order valence-electron chi connectivity index (χ2n) is 10.4. The molecule has 8 unspecified atom stereocenters. The molecule has 0 aromatic heterocycles. The largest absolute Gasteiger partial charge is 0.379 e. The first-order valence-electron chi connectivity index (χ1n) is 12.8. The Morgan fingerprint density at radius 1 is 1.03 bits per heavy atom. The summed E-state index contributed by atoms with van der Waals surface area (Å²) < 4.78 is 23.5. The number of amides is 1. The summed E-state index contributed by atoms with van der Waals surface area (Å²) in [6.45, 7) is 3.43. The van der Waals surface area contributed by atoms with Gasteiger partial charge in [-0.3, -0.25) is 4.79 Å². The van der Waals surface area contributed by atoms with Crippen LogP contribution in [-0.4, -0.2) is 112 Å². The second-order valence-corrected chi connectivity index (χ2v) is 10.4. The quantitative estimate of drug-likeness (QED) is 0.452. The van der Waals surface area contributed by atoms with Crippen LogP contribution in [0.1, 0.15) is 38.5 Å². The first kappa shape index (κ1) is 23.9. The van der Waals surface area contributed by atoms with Gasteiger partial charge in [-0.1, -0.05) is 12.8 Å². The van der Waals surface area contributed by atoms with Crippen molar-refractivity contribution in [2.75, 3.05) is 47.0 Å². The zero-order valence-electron chi connectivity index (χ0n) is 20.1. The number of piperazine rings is 1. The van der Waals surface area contributed by atoms with E-state index in [9.17, 15) is 4.79 Å². The van der Waals surface area contributed by atoms with Crippen LogP contribution >= 0.6 is 0 Å². The van der Waals surface area contributed by atoms with Gasteiger partial charge in [-0.25, -0.2) is 10.2 Å². The van der Waals surface area contributed by atoms with E-state index < -0.39 is 6.10 Å². The number of methoxy groups -OCH3 is 2. The van der Waals surface area contributed by atoms with Crippen molar-refractivity contribution in [2.24, 2.45) is 11.7 Å². The summed E-state index contributed by atoms with van der Waals surface area (Å²) in [5.41, 5.74) is 6.57. The minimum atomic E-state index is -0.452. The Labute approximate surface area is 196 Å². The molecule has 10 nitrogen and oxygen atoms in total. The molecule has 3 aliphatic heterocycles. The van der Waals surface area contributed by atoms with Crippen LogP contribution < -0.4 is 16.4 Å². The van der Waals surface area contributed by atoms with E-state index in [0.29, 0.717) is 31.7 Å². The number of quaternary nitrogens is 1. The summed E-state index contributed by atoms with van der Waals surface area (Å²) in [5, 5.41) is 6.01. The van der Waals surface area contributed by atoms with E-state index in [1.807, 2.05) is 4.90 Å². The minimum absolute atomic E-state index is 0.0728. The smallest absolute Gasteiger partial charge is 0.254 e. The van der Waals surface area contributed by atoms with E-state index in [2.05, 4.69) is 15.5 Å². The lowest BCUT2D eigenvalue weighted by Gasteiger charge is -2.49. The molecule has 0 radical (unpaired) electrons. The van der Waals surface area contributed by atoms with Crippen molar-refractivity contribution < 1.29 is 29.1 Å². The molecule has 2 saturated carbocycles. The molecule has 3 heterocycles. The predicted molar refractivity (Wildman–Crippen MR) is 120 cm³/mol. The Hall–Kier alpha value is -0.850. The lowest BCUT2D eigenvalue weighted by atomic mass is 9.78. The third kappa shape index (κ3) is 4.95. The van der Waals surface area contributed by atoms with Crippen LogP contribution in [0.3, 0.4) is 0 Å². The molecule has 5 N–H and O–H groups in total. The Bertz CT molecular complexity index is 678. The average Bonchev–Trinajstić information content (AvgIpc) is 2.87. The van der Waals surface area contributed by atoms with Crippen molar-refractivity contribution in [2.45, 2.75) is 87.5 Å². The monoisotopic (exact) mass is 468 g/mol. The molecule has 0 aromatic carbocycles. The maximum absolute atomic E-state index is 13.1. The number of carbonyl (C=O) groups excluding carboxylic acids is 1. The van der Waals surface area contributed by atoms with Gasteiger partial charge in [0.25, 0.3) is 5.91 Å². The van der Waals surface area contributed by atoms with Crippen molar-refractivity contribution in [3.63, 3.8) is 0 Å². The van der Waals surface area contributed by atoms with Crippen LogP contribution in [0.4, 0.5) is 0 Å². The van der Waals surface area contributed by atoms with E-state index in [-0.39, 0.29) is 42.8 Å². The van der Waals surface area contributed by atoms with Crippen molar-refractivity contribution in [3.05, 3.63) is 0 Å². The highest BCUT2D eigenvalue weighted by molar-refractivity contribution is 5.81. The Kier molecular flexibility index (Phi) is 7.53. The number of nitrogens with one attached hydrogen (secondary N) is 1. The van der Waals surface area contributed by atoms with Crippen molar-refractivity contribution in [1.82, 2.24) is 15.1 Å². The lowest BCUT2D eigenvalue weighted by Crippen LogP contribution is -3.06. The van der Waals surface area contributed by atoms with Crippen LogP contribution in [-0.2, 0) is 23.7 Å². The number of hydrogen-bond acceptors (Lipinski definition) is 8. The highest BCUT2D eigenvalue weighted by Crippen LogP contribution is 2.31. The maximum atomic E-state index is 13.1. The number of hydrogen-bond donors (Lipinski definition) is 3. The molecule has 0 aromatic rings. The summed E-state index contributed by atoms with van der Waals surface area (Å²) in [4.78, 5) is 17.5. The first-order chi connectivity index (χ1) is 16.1. The fraction of sp³-hybridized carbons (Fsp3) is 0.957. The predicted octanol–water partition coefficient (Wildman–Crippen LogP) is -1.60. The van der Waals surface area contributed by atoms with E-state index in [1.165, 1.54) is 6.42 Å². The number of nitrogens with zero attached hydrogens (tertiary/aromatic N) is 2. The zero-order chi connectivity index (χ0) is 22.9. The molecular formula is C23H42N5O5+. The molecule has 9 atom stereocenters. The summed E-state index contributed by atoms with van der Waals surface area (Å²) in [6, 6.07) is 0.401. The molecule has 5 aliphatic rings. The molecule has 2 aliphatic carbocycles. The number of nitrogens with two attached hydrogens (primary N) is 2. The van der Waals surface area contributed by atoms with Gasteiger partial charge in [-0.15, -0.1) is 0 Å². The third-order valence-corrected chi connectivity index (χ3v) is 8.57. The van der Waals surface area contributed by atoms with Gasteiger partial charge >= 0.3 is 0 Å². The molecule has 1 amide bonds. The van der Waals surface area contributed by atoms with Gasteiger partial charge in [0.05, 0.1) is 43.2 Å². The van der Waals surface area contributed by atoms with E-state index in [4.69, 9.17) is 24.7 Å². The standard InChI is InChI=1S/C23H41N5O5/c1-30-18-11-14-15(12-19(18)31-2)25-23(26-21(14)24)28-9-7-27(8-10-28)22(29)20-13-32-16-5-3-4-6-17(16)33-20/h14-21,23,25-26H,3-13,24H2,1-2H3/p+1/t14?,15?,16?,17?,18?,19?,20-,21?,23?/m0/s1. The summed E-state index contributed by atoms with van der Waals surface area (Å²) in [6.07, 6.45) is 6.31. The lowest BCUT2D eigenvalue weighted by molar-refractivity contribution is -0.764. The summed E-state index contributed by atoms with van der Waals surface area (Å²) in [7, 11) is 3.52. The summed E-state index contributed by atoms with van der Waals surface area (Å²) in [5.74, 6) is 0.435. The van der Waals surface area contributed by atoms with Crippen LogP contribution in [0.2, 0.25) is 0 Å². The van der Waals surface area contributed by atoms with Gasteiger partial charge in [0.1, 0.15) is 0 Å². The Balaban J connectivity index is 1.13. The molecule has 0 bridgehead atoms. The van der Waals surface area contributed by atoms with Crippen LogP contribution in [0.25, 0.3) is 0 Å². The molecule has 5 rings (SSSR count). The van der Waals surface area contributed by atoms with Crippen LogP contribution in [0.5, 0.6) is 0 Å². The van der Waals surface area contributed by atoms with Crippen LogP contribution in [0.15, 0.2) is 0 Å². The molecular weight excluding hydrogens is 426 g/mol. The Morgan fingerprint density at radius 3 is 2.45 bits per heavy atom. The average molecular weight is 469 g/mol. The van der Waals surface area contributed by atoms with Crippen molar-refractivity contribution in [3.8, 4) is 0 Å². The van der Waals surface area contributed by atoms with E-state index in [1.54, 1.807) is 14.2 Å². The normalized spacial score (nSPS) is 44.7.